The predicted octanol–water partition coefficient (Wildman–Crippen LogP) is 2.02. The van der Waals surface area contributed by atoms with Crippen LogP contribution in [0.15, 0.2) is 18.2 Å². The van der Waals surface area contributed by atoms with Crippen molar-refractivity contribution in [2.24, 2.45) is 0 Å². The van der Waals surface area contributed by atoms with E-state index < -0.39 is 5.60 Å². The van der Waals surface area contributed by atoms with E-state index in [1.54, 1.807) is 13.0 Å². The lowest BCUT2D eigenvalue weighted by molar-refractivity contribution is -0.111. The van der Waals surface area contributed by atoms with Crippen LogP contribution in [-0.4, -0.2) is 17.0 Å². The minimum absolute atomic E-state index is 0.0585. The van der Waals surface area contributed by atoms with Gasteiger partial charge in [-0.15, -0.1) is 0 Å². The third kappa shape index (κ3) is 3.44. The first-order valence-corrected chi connectivity index (χ1v) is 4.86. The minimum atomic E-state index is -1.10. The van der Waals surface area contributed by atoms with Crippen molar-refractivity contribution in [2.45, 2.75) is 32.3 Å². The van der Waals surface area contributed by atoms with Gasteiger partial charge in [0.2, 0.25) is 0 Å². The summed E-state index contributed by atoms with van der Waals surface area (Å²) in [6, 6.07) is 4.45. The van der Waals surface area contributed by atoms with Gasteiger partial charge >= 0.3 is 0 Å². The molecular formula is C12H15FO2. The van der Waals surface area contributed by atoms with E-state index in [-0.39, 0.29) is 18.7 Å². The van der Waals surface area contributed by atoms with Crippen LogP contribution in [0.5, 0.6) is 0 Å². The van der Waals surface area contributed by atoms with E-state index in [1.165, 1.54) is 12.1 Å². The Labute approximate surface area is 88.7 Å². The molecule has 0 saturated heterocycles. The molecular weight excluding hydrogens is 195 g/mol. The maximum Gasteiger partial charge on any atom is 0.123 e. The highest BCUT2D eigenvalue weighted by Crippen LogP contribution is 2.19. The molecule has 1 aromatic rings. The SMILES string of the molecule is Cc1ccc(F)cc1CC(C)(O)CC=O. The summed E-state index contributed by atoms with van der Waals surface area (Å²) in [6.45, 7) is 3.43. The van der Waals surface area contributed by atoms with Crippen molar-refractivity contribution in [3.63, 3.8) is 0 Å². The molecule has 1 rings (SSSR count). The molecule has 0 heterocycles. The molecule has 0 aromatic heterocycles. The van der Waals surface area contributed by atoms with Gasteiger partial charge in [0, 0.05) is 12.8 Å². The number of aldehydes is 1. The second kappa shape index (κ2) is 4.53. The predicted molar refractivity (Wildman–Crippen MR) is 56.1 cm³/mol. The number of aliphatic hydroxyl groups is 1. The first-order valence-electron chi connectivity index (χ1n) is 4.86. The van der Waals surface area contributed by atoms with E-state index in [0.29, 0.717) is 6.29 Å². The molecule has 0 radical (unpaired) electrons. The second-order valence-electron chi connectivity index (χ2n) is 4.12. The lowest BCUT2D eigenvalue weighted by Gasteiger charge is -2.21. The van der Waals surface area contributed by atoms with Crippen LogP contribution in [-0.2, 0) is 11.2 Å². The van der Waals surface area contributed by atoms with E-state index in [2.05, 4.69) is 0 Å². The molecule has 0 bridgehead atoms. The second-order valence-corrected chi connectivity index (χ2v) is 4.12. The highest BCUT2D eigenvalue weighted by molar-refractivity contribution is 5.51. The van der Waals surface area contributed by atoms with E-state index in [1.807, 2.05) is 6.92 Å². The zero-order chi connectivity index (χ0) is 11.5. The van der Waals surface area contributed by atoms with Gasteiger partial charge in [-0.2, -0.15) is 0 Å². The molecule has 1 unspecified atom stereocenters. The zero-order valence-corrected chi connectivity index (χ0v) is 8.96. The summed E-state index contributed by atoms with van der Waals surface area (Å²) in [4.78, 5) is 10.3. The summed E-state index contributed by atoms with van der Waals surface area (Å²) >= 11 is 0. The lowest BCUT2D eigenvalue weighted by atomic mass is 9.91. The fourth-order valence-electron chi connectivity index (χ4n) is 1.49. The number of carbonyl (C=O) groups is 1. The number of halogens is 1. The Kier molecular flexibility index (Phi) is 3.58. The van der Waals surface area contributed by atoms with E-state index in [0.717, 1.165) is 11.1 Å². The summed E-state index contributed by atoms with van der Waals surface area (Å²) < 4.78 is 13.0. The van der Waals surface area contributed by atoms with Crippen LogP contribution in [0.25, 0.3) is 0 Å². The zero-order valence-electron chi connectivity index (χ0n) is 8.96. The molecule has 0 aliphatic heterocycles. The normalized spacial score (nSPS) is 14.7. The molecule has 82 valence electrons. The van der Waals surface area contributed by atoms with Gasteiger partial charge in [0.05, 0.1) is 5.60 Å². The summed E-state index contributed by atoms with van der Waals surface area (Å²) in [7, 11) is 0. The number of hydrogen-bond acceptors (Lipinski definition) is 2. The quantitative estimate of drug-likeness (QED) is 0.772. The van der Waals surface area contributed by atoms with E-state index in [4.69, 9.17) is 0 Å². The van der Waals surface area contributed by atoms with Crippen LogP contribution in [0.4, 0.5) is 4.39 Å². The minimum Gasteiger partial charge on any atom is -0.389 e. The molecule has 0 amide bonds. The number of hydrogen-bond donors (Lipinski definition) is 1. The first kappa shape index (κ1) is 11.9. The highest BCUT2D eigenvalue weighted by Gasteiger charge is 2.21. The molecule has 3 heteroatoms. The van der Waals surface area contributed by atoms with Crippen LogP contribution in [0.1, 0.15) is 24.5 Å². The van der Waals surface area contributed by atoms with Crippen molar-refractivity contribution in [1.82, 2.24) is 0 Å². The van der Waals surface area contributed by atoms with Gasteiger partial charge in [-0.05, 0) is 37.1 Å². The Bertz CT molecular complexity index is 359. The Hall–Kier alpha value is -1.22. The molecule has 15 heavy (non-hydrogen) atoms. The third-order valence-electron chi connectivity index (χ3n) is 2.41. The van der Waals surface area contributed by atoms with Gasteiger partial charge in [-0.1, -0.05) is 6.07 Å². The van der Waals surface area contributed by atoms with Crippen molar-refractivity contribution in [1.29, 1.82) is 0 Å². The van der Waals surface area contributed by atoms with Crippen LogP contribution in [0.2, 0.25) is 0 Å². The Morgan fingerprint density at radius 2 is 2.20 bits per heavy atom. The topological polar surface area (TPSA) is 37.3 Å². The standard InChI is InChI=1S/C12H15FO2/c1-9-3-4-11(13)7-10(9)8-12(2,15)5-6-14/h3-4,6-7,15H,5,8H2,1-2H3. The maximum atomic E-state index is 13.0. The van der Waals surface area contributed by atoms with Crippen molar-refractivity contribution in [3.05, 3.63) is 35.1 Å². The molecule has 1 aromatic carbocycles. The van der Waals surface area contributed by atoms with Crippen molar-refractivity contribution < 1.29 is 14.3 Å². The number of benzene rings is 1. The van der Waals surface area contributed by atoms with Gasteiger partial charge < -0.3 is 9.90 Å². The number of aryl methyl sites for hydroxylation is 1. The van der Waals surface area contributed by atoms with Crippen molar-refractivity contribution in [2.75, 3.05) is 0 Å². The Balaban J connectivity index is 2.88. The van der Waals surface area contributed by atoms with Gasteiger partial charge in [-0.3, -0.25) is 0 Å². The van der Waals surface area contributed by atoms with E-state index >= 15 is 0 Å². The average molecular weight is 210 g/mol. The molecule has 0 saturated carbocycles. The Morgan fingerprint density at radius 3 is 2.80 bits per heavy atom. The lowest BCUT2D eigenvalue weighted by Crippen LogP contribution is -2.28. The molecule has 0 aliphatic carbocycles. The average Bonchev–Trinajstić information content (AvgIpc) is 2.10. The third-order valence-corrected chi connectivity index (χ3v) is 2.41. The van der Waals surface area contributed by atoms with Gasteiger partial charge in [0.15, 0.2) is 0 Å². The monoisotopic (exact) mass is 210 g/mol. The molecule has 1 atom stereocenters. The molecule has 1 N–H and O–H groups in total. The maximum absolute atomic E-state index is 13.0. The smallest absolute Gasteiger partial charge is 0.123 e. The number of rotatable bonds is 4. The summed E-state index contributed by atoms with van der Waals surface area (Å²) in [6.07, 6.45) is 1.02. The van der Waals surface area contributed by atoms with Crippen LogP contribution in [0, 0.1) is 12.7 Å². The molecule has 0 spiro atoms. The molecule has 0 aliphatic rings. The largest absolute Gasteiger partial charge is 0.389 e. The summed E-state index contributed by atoms with van der Waals surface area (Å²) in [5, 5.41) is 9.83. The first-order chi connectivity index (χ1) is 6.94. The fraction of sp³-hybridized carbons (Fsp3) is 0.417. The van der Waals surface area contributed by atoms with Gasteiger partial charge in [0.1, 0.15) is 12.1 Å². The fourth-order valence-corrected chi connectivity index (χ4v) is 1.49. The van der Waals surface area contributed by atoms with Crippen molar-refractivity contribution >= 4 is 6.29 Å². The van der Waals surface area contributed by atoms with Crippen LogP contribution < -0.4 is 0 Å². The van der Waals surface area contributed by atoms with Gasteiger partial charge in [0.25, 0.3) is 0 Å². The molecule has 2 nitrogen and oxygen atoms in total. The summed E-state index contributed by atoms with van der Waals surface area (Å²) in [5.41, 5.74) is 0.560. The highest BCUT2D eigenvalue weighted by atomic mass is 19.1. The Morgan fingerprint density at radius 1 is 1.53 bits per heavy atom. The molecule has 0 fully saturated rings. The van der Waals surface area contributed by atoms with Crippen LogP contribution in [0.3, 0.4) is 0 Å². The van der Waals surface area contributed by atoms with Crippen LogP contribution >= 0.6 is 0 Å². The summed E-state index contributed by atoms with van der Waals surface area (Å²) in [5.74, 6) is -0.322. The number of carbonyl (C=O) groups excluding carboxylic acids is 1. The van der Waals surface area contributed by atoms with Crippen molar-refractivity contribution in [3.8, 4) is 0 Å². The van der Waals surface area contributed by atoms with Gasteiger partial charge in [-0.25, -0.2) is 4.39 Å². The van der Waals surface area contributed by atoms with E-state index in [9.17, 15) is 14.3 Å².